The maximum atomic E-state index is 13.2. The monoisotopic (exact) mass is 469 g/mol. The number of benzene rings is 1. The molecule has 168 valence electrons. The molecule has 0 aliphatic carbocycles. The van der Waals surface area contributed by atoms with E-state index < -0.39 is 21.9 Å². The van der Waals surface area contributed by atoms with E-state index in [1.165, 1.54) is 29.3 Å². The molecule has 1 aromatic carbocycles. The van der Waals surface area contributed by atoms with E-state index >= 15 is 0 Å². The maximum absolute atomic E-state index is 13.2. The summed E-state index contributed by atoms with van der Waals surface area (Å²) >= 11 is 6.11. The minimum absolute atomic E-state index is 0.125. The highest BCUT2D eigenvalue weighted by Gasteiger charge is 2.34. The third-order valence-corrected chi connectivity index (χ3v) is 7.07. The molecule has 12 heteroatoms. The highest BCUT2D eigenvalue weighted by Crippen LogP contribution is 2.27. The van der Waals surface area contributed by atoms with Gasteiger partial charge in [0.25, 0.3) is 15.9 Å². The summed E-state index contributed by atoms with van der Waals surface area (Å²) in [5.74, 6) is -1.36. The van der Waals surface area contributed by atoms with E-state index in [4.69, 9.17) is 11.6 Å². The summed E-state index contributed by atoms with van der Waals surface area (Å²) in [6, 6.07) is 5.60. The molecule has 1 aliphatic rings. The van der Waals surface area contributed by atoms with Gasteiger partial charge in [0.05, 0.1) is 12.7 Å². The fourth-order valence-electron chi connectivity index (χ4n) is 3.35. The quantitative estimate of drug-likeness (QED) is 0.622. The molecule has 1 aromatic heterocycles. The first-order valence-electron chi connectivity index (χ1n) is 9.53. The van der Waals surface area contributed by atoms with Gasteiger partial charge >= 0.3 is 5.97 Å². The molecule has 1 N–H and O–H groups in total. The Hall–Kier alpha value is -2.63. The van der Waals surface area contributed by atoms with E-state index in [2.05, 4.69) is 20.1 Å². The van der Waals surface area contributed by atoms with Gasteiger partial charge in [-0.1, -0.05) is 17.7 Å². The first-order chi connectivity index (χ1) is 14.6. The second kappa shape index (κ2) is 9.25. The molecular weight excluding hydrogens is 446 g/mol. The second-order valence-corrected chi connectivity index (χ2v) is 9.39. The number of piperazine rings is 1. The number of aryl methyl sites for hydroxylation is 2. The molecule has 0 radical (unpaired) electrons. The number of amides is 1. The van der Waals surface area contributed by atoms with Crippen LogP contribution in [0.5, 0.6) is 0 Å². The van der Waals surface area contributed by atoms with E-state index in [1.807, 2.05) is 25.1 Å². The van der Waals surface area contributed by atoms with Gasteiger partial charge in [0.15, 0.2) is 0 Å². The Morgan fingerprint density at radius 1 is 1.23 bits per heavy atom. The summed E-state index contributed by atoms with van der Waals surface area (Å²) in [4.78, 5) is 25.8. The number of nitrogens with one attached hydrogen (secondary N) is 1. The van der Waals surface area contributed by atoms with Crippen molar-refractivity contribution in [3.63, 3.8) is 0 Å². The zero-order valence-corrected chi connectivity index (χ0v) is 19.0. The lowest BCUT2D eigenvalue weighted by molar-refractivity contribution is -0.139. The van der Waals surface area contributed by atoms with Crippen molar-refractivity contribution >= 4 is 39.2 Å². The average Bonchev–Trinajstić information content (AvgIpc) is 3.16. The Labute approximate surface area is 185 Å². The molecule has 0 spiro atoms. The predicted molar refractivity (Wildman–Crippen MR) is 115 cm³/mol. The van der Waals surface area contributed by atoms with E-state index in [0.29, 0.717) is 18.1 Å². The average molecular weight is 470 g/mol. The number of hydrogen-bond donors (Lipinski definition) is 1. The third kappa shape index (κ3) is 5.00. The second-order valence-electron chi connectivity index (χ2n) is 7.10. The zero-order chi connectivity index (χ0) is 22.8. The highest BCUT2D eigenvalue weighted by molar-refractivity contribution is 7.89. The fraction of sp³-hybridized carbons (Fsp3) is 0.421. The van der Waals surface area contributed by atoms with E-state index in [-0.39, 0.29) is 30.2 Å². The lowest BCUT2D eigenvalue weighted by Gasteiger charge is -2.35. The molecule has 10 nitrogen and oxygen atoms in total. The Morgan fingerprint density at radius 2 is 1.90 bits per heavy atom. The van der Waals surface area contributed by atoms with Crippen LogP contribution in [-0.4, -0.2) is 74.2 Å². The van der Waals surface area contributed by atoms with Crippen molar-refractivity contribution in [3.8, 4) is 0 Å². The Morgan fingerprint density at radius 3 is 2.55 bits per heavy atom. The van der Waals surface area contributed by atoms with Gasteiger partial charge in [0.1, 0.15) is 6.54 Å². The molecule has 1 amide bonds. The van der Waals surface area contributed by atoms with Crippen LogP contribution in [0.4, 0.5) is 5.69 Å². The van der Waals surface area contributed by atoms with Crippen molar-refractivity contribution in [1.82, 2.24) is 19.4 Å². The zero-order valence-electron chi connectivity index (χ0n) is 17.5. The molecule has 1 aliphatic heterocycles. The van der Waals surface area contributed by atoms with Crippen molar-refractivity contribution in [2.75, 3.05) is 44.7 Å². The Balaban J connectivity index is 1.76. The van der Waals surface area contributed by atoms with Crippen molar-refractivity contribution in [1.29, 1.82) is 0 Å². The topological polar surface area (TPSA) is 114 Å². The van der Waals surface area contributed by atoms with Gasteiger partial charge in [0, 0.05) is 50.1 Å². The molecule has 2 heterocycles. The van der Waals surface area contributed by atoms with Crippen molar-refractivity contribution in [2.45, 2.75) is 11.9 Å². The number of carbonyl (C=O) groups is 2. The standard InChI is InChI=1S/C19H24ClN5O5S/c1-13-4-5-14(20)10-16(13)24-6-8-25(9-7-24)31(28,29)19-15(12-23(2)22-19)18(27)21-11-17(26)30-3/h4-5,10,12H,6-9,11H2,1-3H3,(H,21,27). The van der Waals surface area contributed by atoms with Gasteiger partial charge in [-0.2, -0.15) is 9.40 Å². The van der Waals surface area contributed by atoms with Crippen LogP contribution in [0.15, 0.2) is 29.4 Å². The molecule has 31 heavy (non-hydrogen) atoms. The van der Waals surface area contributed by atoms with Crippen LogP contribution in [-0.2, 0) is 26.6 Å². The maximum Gasteiger partial charge on any atom is 0.325 e. The van der Waals surface area contributed by atoms with Crippen LogP contribution in [0.2, 0.25) is 5.02 Å². The third-order valence-electron chi connectivity index (χ3n) is 5.00. The number of sulfonamides is 1. The van der Waals surface area contributed by atoms with Gasteiger partial charge < -0.3 is 15.0 Å². The summed E-state index contributed by atoms with van der Waals surface area (Å²) in [6.45, 7) is 3.00. The van der Waals surface area contributed by atoms with Crippen molar-refractivity contribution in [2.24, 2.45) is 7.05 Å². The first kappa shape index (κ1) is 23.0. The number of rotatable bonds is 6. The number of esters is 1. The number of ether oxygens (including phenoxy) is 1. The Kier molecular flexibility index (Phi) is 6.87. The van der Waals surface area contributed by atoms with Crippen LogP contribution in [0.25, 0.3) is 0 Å². The van der Waals surface area contributed by atoms with E-state index in [0.717, 1.165) is 11.3 Å². The van der Waals surface area contributed by atoms with E-state index in [9.17, 15) is 18.0 Å². The molecule has 0 bridgehead atoms. The molecule has 3 rings (SSSR count). The molecule has 1 fully saturated rings. The molecule has 0 atom stereocenters. The van der Waals surface area contributed by atoms with Gasteiger partial charge in [-0.15, -0.1) is 0 Å². The van der Waals surface area contributed by atoms with Gasteiger partial charge in [-0.25, -0.2) is 8.42 Å². The van der Waals surface area contributed by atoms with Crippen LogP contribution < -0.4 is 10.2 Å². The summed E-state index contributed by atoms with van der Waals surface area (Å²) in [5.41, 5.74) is 1.89. The number of hydrogen-bond acceptors (Lipinski definition) is 7. The molecule has 1 saturated heterocycles. The van der Waals surface area contributed by atoms with Crippen molar-refractivity contribution < 1.29 is 22.7 Å². The van der Waals surface area contributed by atoms with Gasteiger partial charge in [-0.3, -0.25) is 14.3 Å². The van der Waals surface area contributed by atoms with Crippen molar-refractivity contribution in [3.05, 3.63) is 40.5 Å². The van der Waals surface area contributed by atoms with Gasteiger partial charge in [-0.05, 0) is 24.6 Å². The summed E-state index contributed by atoms with van der Waals surface area (Å²) in [7, 11) is -1.30. The molecule has 0 saturated carbocycles. The summed E-state index contributed by atoms with van der Waals surface area (Å²) < 4.78 is 33.5. The lowest BCUT2D eigenvalue weighted by atomic mass is 10.1. The SMILES string of the molecule is COC(=O)CNC(=O)c1cn(C)nc1S(=O)(=O)N1CCN(c2cc(Cl)ccc2C)CC1. The van der Waals surface area contributed by atoms with Crippen LogP contribution in [0.1, 0.15) is 15.9 Å². The number of anilines is 1. The lowest BCUT2D eigenvalue weighted by Crippen LogP contribution is -2.49. The normalized spacial score (nSPS) is 15.0. The summed E-state index contributed by atoms with van der Waals surface area (Å²) in [5, 5.41) is 6.63. The molecule has 2 aromatic rings. The fourth-order valence-corrected chi connectivity index (χ4v) is 5.06. The Bertz CT molecular complexity index is 1090. The predicted octanol–water partition coefficient (Wildman–Crippen LogP) is 0.796. The van der Waals surface area contributed by atoms with E-state index in [1.54, 1.807) is 0 Å². The van der Waals surface area contributed by atoms with Gasteiger partial charge in [0.2, 0.25) is 5.03 Å². The first-order valence-corrected chi connectivity index (χ1v) is 11.3. The number of methoxy groups -OCH3 is 1. The largest absolute Gasteiger partial charge is 0.468 e. The van der Waals surface area contributed by atoms with Crippen LogP contribution in [0.3, 0.4) is 0 Å². The molecular formula is C19H24ClN5O5S. The minimum Gasteiger partial charge on any atom is -0.468 e. The number of nitrogens with zero attached hydrogens (tertiary/aromatic N) is 4. The number of aromatic nitrogens is 2. The summed E-state index contributed by atoms with van der Waals surface area (Å²) in [6.07, 6.45) is 1.31. The minimum atomic E-state index is -4.01. The number of carbonyl (C=O) groups excluding carboxylic acids is 2. The highest BCUT2D eigenvalue weighted by atomic mass is 35.5. The molecule has 0 unspecified atom stereocenters. The van der Waals surface area contributed by atoms with Crippen LogP contribution >= 0.6 is 11.6 Å². The smallest absolute Gasteiger partial charge is 0.325 e. The van der Waals surface area contributed by atoms with Crippen LogP contribution in [0, 0.1) is 6.92 Å². The number of halogens is 1.